The van der Waals surface area contributed by atoms with Gasteiger partial charge in [0.15, 0.2) is 0 Å². The normalized spacial score (nSPS) is 19.9. The molecule has 0 aromatic heterocycles. The van der Waals surface area contributed by atoms with Gasteiger partial charge in [0.1, 0.15) is 0 Å². The maximum Gasteiger partial charge on any atom is 0.0454 e. The van der Waals surface area contributed by atoms with Crippen LogP contribution in [0.15, 0.2) is 12.1 Å². The molecule has 3 heteroatoms. The maximum absolute atomic E-state index is 6.23. The molecule has 1 aliphatic rings. The van der Waals surface area contributed by atoms with Crippen LogP contribution in [0, 0.1) is 5.92 Å². The van der Waals surface area contributed by atoms with Crippen LogP contribution in [-0.4, -0.2) is 6.04 Å². The minimum Gasteiger partial charge on any atom is -0.310 e. The van der Waals surface area contributed by atoms with Crippen LogP contribution in [0.3, 0.4) is 0 Å². The molecular weight excluding hydrogens is 241 g/mol. The van der Waals surface area contributed by atoms with E-state index in [0.717, 1.165) is 23.0 Å². The highest BCUT2D eigenvalue weighted by Gasteiger charge is 2.22. The van der Waals surface area contributed by atoms with Gasteiger partial charge in [-0.3, -0.25) is 0 Å². The Hall–Kier alpha value is -0.240. The average Bonchev–Trinajstić information content (AvgIpc) is 2.23. The highest BCUT2D eigenvalue weighted by molar-refractivity contribution is 6.34. The van der Waals surface area contributed by atoms with Gasteiger partial charge in [-0.2, -0.15) is 0 Å². The van der Waals surface area contributed by atoms with E-state index in [9.17, 15) is 0 Å². The van der Waals surface area contributed by atoms with Crippen molar-refractivity contribution in [2.75, 3.05) is 0 Å². The summed E-state index contributed by atoms with van der Waals surface area (Å²) in [7, 11) is 0. The van der Waals surface area contributed by atoms with Crippen molar-refractivity contribution in [2.24, 2.45) is 5.92 Å². The van der Waals surface area contributed by atoms with Gasteiger partial charge in [0.05, 0.1) is 0 Å². The second kappa shape index (κ2) is 4.95. The highest BCUT2D eigenvalue weighted by atomic mass is 35.5. The Bertz CT molecular complexity index is 388. The van der Waals surface area contributed by atoms with E-state index < -0.39 is 0 Å². The summed E-state index contributed by atoms with van der Waals surface area (Å²) in [4.78, 5) is 0. The Morgan fingerprint density at radius 2 is 1.88 bits per heavy atom. The lowest BCUT2D eigenvalue weighted by Crippen LogP contribution is -2.36. The van der Waals surface area contributed by atoms with Crippen molar-refractivity contribution in [3.05, 3.63) is 33.3 Å². The van der Waals surface area contributed by atoms with Crippen molar-refractivity contribution in [3.8, 4) is 0 Å². The molecule has 0 radical (unpaired) electrons. The van der Waals surface area contributed by atoms with Crippen LogP contribution in [0.1, 0.15) is 31.4 Å². The van der Waals surface area contributed by atoms with E-state index >= 15 is 0 Å². The molecule has 88 valence electrons. The zero-order valence-electron chi connectivity index (χ0n) is 9.69. The molecular formula is C13H17Cl2N. The lowest BCUT2D eigenvalue weighted by Gasteiger charge is -2.28. The molecule has 1 N–H and O–H groups in total. The van der Waals surface area contributed by atoms with Crippen LogP contribution >= 0.6 is 23.2 Å². The summed E-state index contributed by atoms with van der Waals surface area (Å²) in [5.74, 6) is 0.706. The summed E-state index contributed by atoms with van der Waals surface area (Å²) in [5.41, 5.74) is 2.41. The third-order valence-corrected chi connectivity index (χ3v) is 3.80. The predicted octanol–water partition coefficient (Wildman–Crippen LogP) is 4.05. The molecule has 1 heterocycles. The van der Waals surface area contributed by atoms with E-state index in [4.69, 9.17) is 23.2 Å². The topological polar surface area (TPSA) is 12.0 Å². The molecule has 1 atom stereocenters. The molecule has 0 aliphatic carbocycles. The number of nitrogens with one attached hydrogen (secondary N) is 1. The first kappa shape index (κ1) is 12.2. The molecule has 0 bridgehead atoms. The van der Waals surface area contributed by atoms with E-state index in [-0.39, 0.29) is 0 Å². The Morgan fingerprint density at radius 3 is 2.50 bits per heavy atom. The zero-order chi connectivity index (χ0) is 11.7. The van der Waals surface area contributed by atoms with Crippen LogP contribution in [0.5, 0.6) is 0 Å². The van der Waals surface area contributed by atoms with E-state index in [2.05, 4.69) is 19.2 Å². The van der Waals surface area contributed by atoms with Gasteiger partial charge < -0.3 is 5.32 Å². The quantitative estimate of drug-likeness (QED) is 0.843. The summed E-state index contributed by atoms with van der Waals surface area (Å²) in [6, 6.07) is 4.32. The average molecular weight is 258 g/mol. The molecule has 0 saturated carbocycles. The SMILES string of the molecule is CC(C)CC1Cc2c(Cl)ccc(Cl)c2CN1. The monoisotopic (exact) mass is 257 g/mol. The van der Waals surface area contributed by atoms with Crippen molar-refractivity contribution in [3.63, 3.8) is 0 Å². The fraction of sp³-hybridized carbons (Fsp3) is 0.538. The van der Waals surface area contributed by atoms with E-state index in [0.29, 0.717) is 12.0 Å². The third kappa shape index (κ3) is 2.53. The number of fused-ring (bicyclic) bond motifs is 1. The number of rotatable bonds is 2. The van der Waals surface area contributed by atoms with Gasteiger partial charge in [-0.05, 0) is 42.0 Å². The second-order valence-electron chi connectivity index (χ2n) is 4.90. The van der Waals surface area contributed by atoms with E-state index in [1.807, 2.05) is 12.1 Å². The molecule has 1 nitrogen and oxygen atoms in total. The van der Waals surface area contributed by atoms with Crippen molar-refractivity contribution in [2.45, 2.75) is 39.3 Å². The fourth-order valence-electron chi connectivity index (χ4n) is 2.35. The van der Waals surface area contributed by atoms with Crippen molar-refractivity contribution < 1.29 is 0 Å². The Balaban J connectivity index is 2.23. The molecule has 1 unspecified atom stereocenters. The smallest absolute Gasteiger partial charge is 0.0454 e. The molecule has 1 aromatic carbocycles. The van der Waals surface area contributed by atoms with Crippen molar-refractivity contribution in [1.29, 1.82) is 0 Å². The van der Waals surface area contributed by atoms with Crippen LogP contribution in [0.25, 0.3) is 0 Å². The van der Waals surface area contributed by atoms with Crippen LogP contribution < -0.4 is 5.32 Å². The van der Waals surface area contributed by atoms with Crippen LogP contribution in [0.4, 0.5) is 0 Å². The number of halogens is 2. The molecule has 16 heavy (non-hydrogen) atoms. The van der Waals surface area contributed by atoms with Crippen LogP contribution in [0.2, 0.25) is 10.0 Å². The zero-order valence-corrected chi connectivity index (χ0v) is 11.2. The maximum atomic E-state index is 6.23. The second-order valence-corrected chi connectivity index (χ2v) is 5.71. The molecule has 1 aromatic rings. The Morgan fingerprint density at radius 1 is 1.25 bits per heavy atom. The third-order valence-electron chi connectivity index (χ3n) is 3.09. The van der Waals surface area contributed by atoms with Gasteiger partial charge in [-0.15, -0.1) is 0 Å². The van der Waals surface area contributed by atoms with Gasteiger partial charge in [0.25, 0.3) is 0 Å². The summed E-state index contributed by atoms with van der Waals surface area (Å²) >= 11 is 12.4. The minimum atomic E-state index is 0.531. The molecule has 0 amide bonds. The first-order chi connectivity index (χ1) is 7.58. The van der Waals surface area contributed by atoms with Gasteiger partial charge in [-0.25, -0.2) is 0 Å². The van der Waals surface area contributed by atoms with Crippen LogP contribution in [-0.2, 0) is 13.0 Å². The number of hydrogen-bond acceptors (Lipinski definition) is 1. The lowest BCUT2D eigenvalue weighted by atomic mass is 9.91. The lowest BCUT2D eigenvalue weighted by molar-refractivity contribution is 0.398. The van der Waals surface area contributed by atoms with Crippen molar-refractivity contribution in [1.82, 2.24) is 5.32 Å². The van der Waals surface area contributed by atoms with Gasteiger partial charge in [0, 0.05) is 22.6 Å². The summed E-state index contributed by atoms with van der Waals surface area (Å²) in [6.07, 6.45) is 2.18. The van der Waals surface area contributed by atoms with E-state index in [1.54, 1.807) is 0 Å². The highest BCUT2D eigenvalue weighted by Crippen LogP contribution is 2.31. The predicted molar refractivity (Wildman–Crippen MR) is 70.2 cm³/mol. The standard InChI is InChI=1S/C13H17Cl2N/c1-8(2)5-9-6-10-11(7-16-9)13(15)4-3-12(10)14/h3-4,8-9,16H,5-7H2,1-2H3. The first-order valence-electron chi connectivity index (χ1n) is 5.77. The molecule has 0 fully saturated rings. The number of benzene rings is 1. The summed E-state index contributed by atoms with van der Waals surface area (Å²) in [6.45, 7) is 5.33. The van der Waals surface area contributed by atoms with Gasteiger partial charge in [0.2, 0.25) is 0 Å². The van der Waals surface area contributed by atoms with Gasteiger partial charge in [-0.1, -0.05) is 37.0 Å². The first-order valence-corrected chi connectivity index (χ1v) is 6.52. The fourth-order valence-corrected chi connectivity index (χ4v) is 2.85. The molecule has 0 saturated heterocycles. The summed E-state index contributed by atoms with van der Waals surface area (Å²) in [5, 5.41) is 5.22. The van der Waals surface area contributed by atoms with Gasteiger partial charge >= 0.3 is 0 Å². The molecule has 0 spiro atoms. The van der Waals surface area contributed by atoms with Crippen molar-refractivity contribution >= 4 is 23.2 Å². The number of hydrogen-bond donors (Lipinski definition) is 1. The minimum absolute atomic E-state index is 0.531. The Kier molecular flexibility index (Phi) is 3.78. The molecule has 1 aliphatic heterocycles. The van der Waals surface area contributed by atoms with E-state index in [1.165, 1.54) is 17.5 Å². The molecule has 2 rings (SSSR count). The largest absolute Gasteiger partial charge is 0.310 e. The Labute approximate surface area is 107 Å². The summed E-state index contributed by atoms with van der Waals surface area (Å²) < 4.78 is 0.